The lowest BCUT2D eigenvalue weighted by atomic mass is 9.92. The Morgan fingerprint density at radius 1 is 0.976 bits per heavy atom. The van der Waals surface area contributed by atoms with E-state index in [4.69, 9.17) is 9.84 Å². The Balaban J connectivity index is 1.38. The molecule has 0 radical (unpaired) electrons. The molecule has 10 nitrogen and oxygen atoms in total. The van der Waals surface area contributed by atoms with E-state index in [1.807, 2.05) is 30.3 Å². The van der Waals surface area contributed by atoms with Gasteiger partial charge in [0.1, 0.15) is 12.4 Å². The fourth-order valence-electron chi connectivity index (χ4n) is 5.33. The van der Waals surface area contributed by atoms with Gasteiger partial charge in [-0.3, -0.25) is 19.2 Å². The Hall–Kier alpha value is -3.76. The number of imide groups is 1. The molecule has 4 rings (SSSR count). The quantitative estimate of drug-likeness (QED) is 0.265. The van der Waals surface area contributed by atoms with E-state index in [-0.39, 0.29) is 31.0 Å². The highest BCUT2D eigenvalue weighted by molar-refractivity contribution is 6.05. The molecule has 2 aromatic carbocycles. The summed E-state index contributed by atoms with van der Waals surface area (Å²) in [5.74, 6) is -1.47. The molecule has 0 aromatic heterocycles. The summed E-state index contributed by atoms with van der Waals surface area (Å²) < 4.78 is 5.80. The van der Waals surface area contributed by atoms with Gasteiger partial charge in [0, 0.05) is 31.6 Å². The van der Waals surface area contributed by atoms with E-state index in [9.17, 15) is 19.2 Å². The third-order valence-electron chi connectivity index (χ3n) is 7.73. The molecule has 0 saturated carbocycles. The second kappa shape index (κ2) is 15.3. The van der Waals surface area contributed by atoms with Crippen LogP contribution in [0.2, 0.25) is 0 Å². The van der Waals surface area contributed by atoms with Crippen LogP contribution in [0.15, 0.2) is 54.6 Å². The van der Waals surface area contributed by atoms with E-state index in [0.29, 0.717) is 44.1 Å². The van der Waals surface area contributed by atoms with E-state index < -0.39 is 23.7 Å². The largest absolute Gasteiger partial charge is 0.489 e. The number of amides is 3. The topological polar surface area (TPSA) is 128 Å². The van der Waals surface area contributed by atoms with Gasteiger partial charge in [0.2, 0.25) is 11.8 Å². The van der Waals surface area contributed by atoms with Crippen LogP contribution in [0, 0.1) is 11.8 Å². The summed E-state index contributed by atoms with van der Waals surface area (Å²) in [6, 6.07) is 16.2. The van der Waals surface area contributed by atoms with E-state index in [1.165, 1.54) is 0 Å². The molecule has 2 heterocycles. The minimum absolute atomic E-state index is 0.0452. The number of carbonyl (C=O) groups is 4. The highest BCUT2D eigenvalue weighted by Gasteiger charge is 2.34. The molecule has 0 unspecified atom stereocenters. The predicted octanol–water partition coefficient (Wildman–Crippen LogP) is 3.23. The van der Waals surface area contributed by atoms with Crippen molar-refractivity contribution in [2.24, 2.45) is 11.8 Å². The van der Waals surface area contributed by atoms with Crippen molar-refractivity contribution < 1.29 is 29.0 Å². The second-order valence-electron chi connectivity index (χ2n) is 10.7. The Labute approximate surface area is 241 Å². The van der Waals surface area contributed by atoms with Gasteiger partial charge in [-0.15, -0.1) is 0 Å². The minimum Gasteiger partial charge on any atom is -0.489 e. The molecule has 0 aliphatic carbocycles. The third-order valence-corrected chi connectivity index (χ3v) is 7.73. The molecule has 41 heavy (non-hydrogen) atoms. The maximum Gasteiger partial charge on any atom is 0.304 e. The van der Waals surface area contributed by atoms with Gasteiger partial charge in [-0.1, -0.05) is 30.3 Å². The molecular formula is C31H40N4O6. The zero-order valence-electron chi connectivity index (χ0n) is 23.4. The third kappa shape index (κ3) is 9.12. The Morgan fingerprint density at radius 3 is 2.41 bits per heavy atom. The normalized spacial score (nSPS) is 17.6. The van der Waals surface area contributed by atoms with Crippen LogP contribution in [0.4, 0.5) is 0 Å². The summed E-state index contributed by atoms with van der Waals surface area (Å²) in [5, 5.41) is 13.4. The first kappa shape index (κ1) is 30.2. The summed E-state index contributed by atoms with van der Waals surface area (Å²) in [7, 11) is 0. The van der Waals surface area contributed by atoms with Crippen LogP contribution < -0.4 is 15.5 Å². The molecule has 2 aliphatic heterocycles. The molecule has 10 heteroatoms. The lowest BCUT2D eigenvalue weighted by Crippen LogP contribution is -2.53. The number of nitrogens with zero attached hydrogens (tertiary/aromatic N) is 2. The van der Waals surface area contributed by atoms with Gasteiger partial charge in [-0.25, -0.2) is 10.4 Å². The first-order valence-corrected chi connectivity index (χ1v) is 14.5. The molecule has 220 valence electrons. The van der Waals surface area contributed by atoms with Crippen LogP contribution in [0.25, 0.3) is 0 Å². The van der Waals surface area contributed by atoms with Gasteiger partial charge in [0.25, 0.3) is 5.91 Å². The molecule has 0 spiro atoms. The maximum absolute atomic E-state index is 13.6. The van der Waals surface area contributed by atoms with Crippen molar-refractivity contribution in [2.75, 3.05) is 32.7 Å². The Morgan fingerprint density at radius 2 is 1.71 bits per heavy atom. The zero-order chi connectivity index (χ0) is 29.0. The monoisotopic (exact) mass is 564 g/mol. The van der Waals surface area contributed by atoms with Crippen LogP contribution >= 0.6 is 0 Å². The van der Waals surface area contributed by atoms with Gasteiger partial charge in [-0.05, 0) is 80.9 Å². The molecule has 2 aliphatic rings. The average Bonchev–Trinajstić information content (AvgIpc) is 3.01. The molecule has 2 fully saturated rings. The second-order valence-corrected chi connectivity index (χ2v) is 10.7. The van der Waals surface area contributed by atoms with E-state index >= 15 is 0 Å². The van der Waals surface area contributed by atoms with Gasteiger partial charge in [0.15, 0.2) is 0 Å². The van der Waals surface area contributed by atoms with Crippen molar-refractivity contribution in [3.63, 3.8) is 0 Å². The van der Waals surface area contributed by atoms with Crippen LogP contribution in [0.5, 0.6) is 5.75 Å². The predicted molar refractivity (Wildman–Crippen MR) is 153 cm³/mol. The smallest absolute Gasteiger partial charge is 0.304 e. The summed E-state index contributed by atoms with van der Waals surface area (Å²) in [6.07, 6.45) is 4.43. The number of carboxylic acids is 1. The van der Waals surface area contributed by atoms with Crippen molar-refractivity contribution in [1.82, 2.24) is 20.7 Å². The van der Waals surface area contributed by atoms with Crippen molar-refractivity contribution in [3.8, 4) is 5.75 Å². The number of aliphatic carboxylic acids is 1. The van der Waals surface area contributed by atoms with Crippen molar-refractivity contribution in [1.29, 1.82) is 0 Å². The van der Waals surface area contributed by atoms with Gasteiger partial charge in [0.05, 0.1) is 12.3 Å². The number of piperidine rings is 2. The number of carboxylic acid groups (broad SMARTS) is 1. The number of rotatable bonds is 12. The first-order chi connectivity index (χ1) is 19.9. The van der Waals surface area contributed by atoms with Crippen molar-refractivity contribution >= 4 is 23.7 Å². The van der Waals surface area contributed by atoms with Crippen molar-refractivity contribution in [2.45, 2.75) is 51.6 Å². The zero-order valence-corrected chi connectivity index (χ0v) is 23.4. The summed E-state index contributed by atoms with van der Waals surface area (Å²) in [5.41, 5.74) is 4.01. The standard InChI is InChI=1S/C31H40N4O6/c36-28(13-8-23-14-17-32-18-15-23)34-20-4-7-26(21-34)31(40)35(33-19-16-29(37)38)30(39)25-9-11-27(12-10-25)41-22-24-5-2-1-3-6-24/h1-3,5-6,9-12,23,26,32-33H,4,7-8,13-22H2,(H,37,38)/t26-/m1/s1. The lowest BCUT2D eigenvalue weighted by Gasteiger charge is -2.35. The Bertz CT molecular complexity index is 1170. The molecule has 3 amide bonds. The highest BCUT2D eigenvalue weighted by Crippen LogP contribution is 2.23. The Kier molecular flexibility index (Phi) is 11.3. The lowest BCUT2D eigenvalue weighted by molar-refractivity contribution is -0.142. The number of likely N-dealkylation sites (tertiary alicyclic amines) is 1. The number of carbonyl (C=O) groups excluding carboxylic acids is 3. The van der Waals surface area contributed by atoms with Gasteiger partial charge in [-0.2, -0.15) is 0 Å². The van der Waals surface area contributed by atoms with E-state index in [2.05, 4.69) is 10.7 Å². The van der Waals surface area contributed by atoms with Gasteiger partial charge < -0.3 is 20.1 Å². The van der Waals surface area contributed by atoms with E-state index in [0.717, 1.165) is 42.9 Å². The number of hydrazine groups is 1. The molecule has 0 bridgehead atoms. The molecule has 3 N–H and O–H groups in total. The summed E-state index contributed by atoms with van der Waals surface area (Å²) in [6.45, 7) is 3.11. The SMILES string of the molecule is O=C(O)CCNN(C(=O)c1ccc(OCc2ccccc2)cc1)C(=O)[C@@H]1CCCN(C(=O)CCC2CCNCC2)C1. The minimum atomic E-state index is -1.04. The molecule has 2 aromatic rings. The molecule has 2 saturated heterocycles. The summed E-state index contributed by atoms with van der Waals surface area (Å²) >= 11 is 0. The first-order valence-electron chi connectivity index (χ1n) is 14.5. The van der Waals surface area contributed by atoms with Crippen LogP contribution in [-0.2, 0) is 21.0 Å². The summed E-state index contributed by atoms with van der Waals surface area (Å²) in [4.78, 5) is 52.9. The van der Waals surface area contributed by atoms with Crippen LogP contribution in [-0.4, -0.2) is 71.4 Å². The fourth-order valence-corrected chi connectivity index (χ4v) is 5.33. The average molecular weight is 565 g/mol. The number of hydrogen-bond acceptors (Lipinski definition) is 7. The van der Waals surface area contributed by atoms with E-state index in [1.54, 1.807) is 29.2 Å². The number of benzene rings is 2. The molecular weight excluding hydrogens is 524 g/mol. The van der Waals surface area contributed by atoms with Gasteiger partial charge >= 0.3 is 5.97 Å². The van der Waals surface area contributed by atoms with Crippen LogP contribution in [0.3, 0.4) is 0 Å². The molecule has 1 atom stereocenters. The maximum atomic E-state index is 13.6. The number of ether oxygens (including phenoxy) is 1. The number of hydrogen-bond donors (Lipinski definition) is 3. The fraction of sp³-hybridized carbons (Fsp3) is 0.484. The van der Waals surface area contributed by atoms with Crippen molar-refractivity contribution in [3.05, 3.63) is 65.7 Å². The number of nitrogens with one attached hydrogen (secondary N) is 2. The highest BCUT2D eigenvalue weighted by atomic mass is 16.5. The van der Waals surface area contributed by atoms with Crippen LogP contribution in [0.1, 0.15) is 60.9 Å².